The van der Waals surface area contributed by atoms with Crippen molar-refractivity contribution in [1.82, 2.24) is 10.2 Å². The van der Waals surface area contributed by atoms with Crippen molar-refractivity contribution >= 4 is 5.91 Å². The molecule has 208 valence electrons. The lowest BCUT2D eigenvalue weighted by molar-refractivity contribution is -0.137. The molecular weight excluding hydrogens is 512 g/mol. The Bertz CT molecular complexity index is 1290. The van der Waals surface area contributed by atoms with E-state index in [1.165, 1.54) is 12.1 Å². The van der Waals surface area contributed by atoms with Crippen molar-refractivity contribution in [2.75, 3.05) is 27.3 Å². The number of nitrogens with zero attached hydrogens (tertiary/aromatic N) is 1. The highest BCUT2D eigenvalue weighted by molar-refractivity contribution is 5.79. The summed E-state index contributed by atoms with van der Waals surface area (Å²) in [5.41, 5.74) is 2.05. The smallest absolute Gasteiger partial charge is 0.416 e. The van der Waals surface area contributed by atoms with Crippen molar-refractivity contribution in [3.8, 4) is 11.5 Å². The molecule has 1 N–H and O–H groups in total. The monoisotopic (exact) mass is 544 g/mol. The Morgan fingerprint density at radius 3 is 2.33 bits per heavy atom. The second-order valence-corrected chi connectivity index (χ2v) is 9.97. The van der Waals surface area contributed by atoms with Crippen LogP contribution >= 0.6 is 0 Å². The number of rotatable bonds is 8. The van der Waals surface area contributed by atoms with Crippen molar-refractivity contribution in [1.29, 1.82) is 0 Å². The fraction of sp³-hybridized carbons (Fsp3) is 0.367. The first-order valence-electron chi connectivity index (χ1n) is 12.7. The van der Waals surface area contributed by atoms with Gasteiger partial charge in [0.2, 0.25) is 5.91 Å². The minimum atomic E-state index is -4.45. The standard InChI is InChI=1S/C30H32F4N2O3/c1-19-9-22(7-8-28(19)31)23-13-24(29(37)35-15-20-5-4-6-25(10-20)30(32,33)34)18-36(17-23)16-21-11-26(38-2)14-27(12-21)39-3/h4-12,14,23-24H,13,15-18H2,1-3H3,(H,35,37)/t23-,24-/m0/s1. The summed E-state index contributed by atoms with van der Waals surface area (Å²) in [5, 5.41) is 2.83. The quantitative estimate of drug-likeness (QED) is 0.349. The minimum Gasteiger partial charge on any atom is -0.497 e. The molecule has 1 aliphatic heterocycles. The Balaban J connectivity index is 1.53. The van der Waals surface area contributed by atoms with Crippen molar-refractivity contribution in [2.45, 2.75) is 38.5 Å². The molecule has 3 aromatic carbocycles. The Morgan fingerprint density at radius 1 is 0.974 bits per heavy atom. The van der Waals surface area contributed by atoms with E-state index in [0.29, 0.717) is 48.7 Å². The molecule has 1 heterocycles. The van der Waals surface area contributed by atoms with E-state index in [-0.39, 0.29) is 24.2 Å². The first-order valence-corrected chi connectivity index (χ1v) is 12.7. The van der Waals surface area contributed by atoms with Crippen LogP contribution in [-0.2, 0) is 24.1 Å². The third kappa shape index (κ3) is 7.29. The van der Waals surface area contributed by atoms with Crippen LogP contribution in [0.5, 0.6) is 11.5 Å². The topological polar surface area (TPSA) is 50.8 Å². The molecule has 0 aromatic heterocycles. The number of aryl methyl sites for hydroxylation is 1. The number of alkyl halides is 3. The molecule has 39 heavy (non-hydrogen) atoms. The number of piperidine rings is 1. The van der Waals surface area contributed by atoms with Gasteiger partial charge in [-0.1, -0.05) is 24.3 Å². The summed E-state index contributed by atoms with van der Waals surface area (Å²) in [6.45, 7) is 3.35. The van der Waals surface area contributed by atoms with Crippen molar-refractivity contribution < 1.29 is 31.8 Å². The molecular formula is C30H32F4N2O3. The van der Waals surface area contributed by atoms with Crippen LogP contribution in [0.4, 0.5) is 17.6 Å². The van der Waals surface area contributed by atoms with Gasteiger partial charge in [-0.15, -0.1) is 0 Å². The Hall–Kier alpha value is -3.59. The molecule has 3 aromatic rings. The van der Waals surface area contributed by atoms with E-state index >= 15 is 0 Å². The average molecular weight is 545 g/mol. The van der Waals surface area contributed by atoms with Crippen LogP contribution in [0.3, 0.4) is 0 Å². The summed E-state index contributed by atoms with van der Waals surface area (Å²) < 4.78 is 64.1. The van der Waals surface area contributed by atoms with Gasteiger partial charge in [-0.3, -0.25) is 9.69 Å². The number of ether oxygens (including phenoxy) is 2. The molecule has 1 amide bonds. The summed E-state index contributed by atoms with van der Waals surface area (Å²) in [5.74, 6) is 0.349. The van der Waals surface area contributed by atoms with Gasteiger partial charge in [0.05, 0.1) is 25.7 Å². The number of carbonyl (C=O) groups excluding carboxylic acids is 1. The van der Waals surface area contributed by atoms with Crippen LogP contribution in [0, 0.1) is 18.7 Å². The van der Waals surface area contributed by atoms with Gasteiger partial charge in [0.25, 0.3) is 0 Å². The lowest BCUT2D eigenvalue weighted by Gasteiger charge is -2.37. The second-order valence-electron chi connectivity index (χ2n) is 9.97. The maximum atomic E-state index is 14.0. The van der Waals surface area contributed by atoms with E-state index in [9.17, 15) is 22.4 Å². The fourth-order valence-corrected chi connectivity index (χ4v) is 5.08. The van der Waals surface area contributed by atoms with E-state index in [1.807, 2.05) is 18.2 Å². The van der Waals surface area contributed by atoms with Crippen molar-refractivity contribution in [3.63, 3.8) is 0 Å². The van der Waals surface area contributed by atoms with Crippen molar-refractivity contribution in [2.24, 2.45) is 5.92 Å². The first-order chi connectivity index (χ1) is 18.5. The van der Waals surface area contributed by atoms with Crippen LogP contribution in [0.1, 0.15) is 40.2 Å². The first kappa shape index (κ1) is 28.4. The fourth-order valence-electron chi connectivity index (χ4n) is 5.08. The maximum Gasteiger partial charge on any atom is 0.416 e. The zero-order chi connectivity index (χ0) is 28.2. The summed E-state index contributed by atoms with van der Waals surface area (Å²) >= 11 is 0. The van der Waals surface area contributed by atoms with E-state index < -0.39 is 17.7 Å². The largest absolute Gasteiger partial charge is 0.497 e. The molecule has 1 fully saturated rings. The minimum absolute atomic E-state index is 0.00728. The Kier molecular flexibility index (Phi) is 8.80. The van der Waals surface area contributed by atoms with Crippen molar-refractivity contribution in [3.05, 3.63) is 94.3 Å². The number of nitrogens with one attached hydrogen (secondary N) is 1. The normalized spacial score (nSPS) is 18.0. The molecule has 1 saturated heterocycles. The SMILES string of the molecule is COc1cc(CN2C[C@@H](C(=O)NCc3cccc(C(F)(F)F)c3)C[C@H](c3ccc(F)c(C)c3)C2)cc(OC)c1. The summed E-state index contributed by atoms with van der Waals surface area (Å²) in [7, 11) is 3.16. The number of methoxy groups -OCH3 is 2. The predicted molar refractivity (Wildman–Crippen MR) is 140 cm³/mol. The van der Waals surface area contributed by atoms with Gasteiger partial charge >= 0.3 is 6.18 Å². The predicted octanol–water partition coefficient (Wildman–Crippen LogP) is 6.09. The van der Waals surface area contributed by atoms with Crippen LogP contribution in [-0.4, -0.2) is 38.1 Å². The van der Waals surface area contributed by atoms with Crippen LogP contribution < -0.4 is 14.8 Å². The van der Waals surface area contributed by atoms with Gasteiger partial charge in [0, 0.05) is 32.2 Å². The summed E-state index contributed by atoms with van der Waals surface area (Å²) in [6.07, 6.45) is -3.91. The Labute approximate surface area is 225 Å². The number of halogens is 4. The summed E-state index contributed by atoms with van der Waals surface area (Å²) in [6, 6.07) is 15.6. The van der Waals surface area contributed by atoms with Gasteiger partial charge in [0.1, 0.15) is 17.3 Å². The van der Waals surface area contributed by atoms with E-state index in [4.69, 9.17) is 9.47 Å². The number of amides is 1. The highest BCUT2D eigenvalue weighted by Crippen LogP contribution is 2.34. The lowest BCUT2D eigenvalue weighted by Crippen LogP contribution is -2.45. The third-order valence-electron chi connectivity index (χ3n) is 7.09. The van der Waals surface area contributed by atoms with E-state index in [2.05, 4.69) is 10.2 Å². The van der Waals surface area contributed by atoms with Gasteiger partial charge < -0.3 is 14.8 Å². The number of likely N-dealkylation sites (tertiary alicyclic amines) is 1. The van der Waals surface area contributed by atoms with Gasteiger partial charge in [-0.05, 0) is 71.8 Å². The van der Waals surface area contributed by atoms with Crippen LogP contribution in [0.2, 0.25) is 0 Å². The third-order valence-corrected chi connectivity index (χ3v) is 7.09. The molecule has 2 atom stereocenters. The molecule has 0 spiro atoms. The molecule has 0 aliphatic carbocycles. The van der Waals surface area contributed by atoms with E-state index in [1.54, 1.807) is 39.3 Å². The van der Waals surface area contributed by atoms with Crippen LogP contribution in [0.25, 0.3) is 0 Å². The molecule has 0 unspecified atom stereocenters. The van der Waals surface area contributed by atoms with Gasteiger partial charge in [-0.2, -0.15) is 13.2 Å². The van der Waals surface area contributed by atoms with Gasteiger partial charge in [0.15, 0.2) is 0 Å². The second kappa shape index (κ2) is 12.1. The molecule has 0 saturated carbocycles. The van der Waals surface area contributed by atoms with Crippen LogP contribution in [0.15, 0.2) is 60.7 Å². The average Bonchev–Trinajstić information content (AvgIpc) is 2.92. The summed E-state index contributed by atoms with van der Waals surface area (Å²) in [4.78, 5) is 15.5. The molecule has 0 radical (unpaired) electrons. The molecule has 9 heteroatoms. The highest BCUT2D eigenvalue weighted by atomic mass is 19.4. The van der Waals surface area contributed by atoms with E-state index in [0.717, 1.165) is 23.3 Å². The molecule has 0 bridgehead atoms. The zero-order valence-electron chi connectivity index (χ0n) is 22.1. The Morgan fingerprint density at radius 2 is 1.69 bits per heavy atom. The molecule has 4 rings (SSSR count). The molecule has 1 aliphatic rings. The lowest BCUT2D eigenvalue weighted by atomic mass is 9.83. The number of benzene rings is 3. The maximum absolute atomic E-state index is 14.0. The van der Waals surface area contributed by atoms with Gasteiger partial charge in [-0.25, -0.2) is 4.39 Å². The zero-order valence-corrected chi connectivity index (χ0v) is 22.1. The highest BCUT2D eigenvalue weighted by Gasteiger charge is 2.33. The number of hydrogen-bond acceptors (Lipinski definition) is 4. The number of carbonyl (C=O) groups is 1. The molecule has 5 nitrogen and oxygen atoms in total. The number of hydrogen-bond donors (Lipinski definition) is 1.